The molecule has 0 radical (unpaired) electrons. The minimum Gasteiger partial charge on any atom is -0.508 e. The van der Waals surface area contributed by atoms with E-state index in [1.54, 1.807) is 27.8 Å². The summed E-state index contributed by atoms with van der Waals surface area (Å²) < 4.78 is 6.70. The molecule has 0 saturated carbocycles. The molecule has 0 unspecified atom stereocenters. The van der Waals surface area contributed by atoms with Crippen LogP contribution >= 0.6 is 0 Å². The second-order valence-electron chi connectivity index (χ2n) is 7.76. The normalized spacial score (nSPS) is 14.6. The van der Waals surface area contributed by atoms with Crippen LogP contribution in [0.15, 0.2) is 48.8 Å². The summed E-state index contributed by atoms with van der Waals surface area (Å²) in [6, 6.07) is 12.6. The van der Waals surface area contributed by atoms with E-state index in [9.17, 15) is 9.90 Å². The molecule has 1 aromatic heterocycles. The van der Waals surface area contributed by atoms with Gasteiger partial charge in [0.15, 0.2) is 0 Å². The highest BCUT2D eigenvalue weighted by Crippen LogP contribution is 2.28. The largest absolute Gasteiger partial charge is 0.508 e. The van der Waals surface area contributed by atoms with Gasteiger partial charge < -0.3 is 14.7 Å². The molecule has 0 atom stereocenters. The van der Waals surface area contributed by atoms with Crippen LogP contribution in [0.1, 0.15) is 24.0 Å². The van der Waals surface area contributed by atoms with Gasteiger partial charge in [-0.1, -0.05) is 24.0 Å². The number of tetrazole rings is 1. The van der Waals surface area contributed by atoms with Crippen LogP contribution in [-0.4, -0.2) is 61.9 Å². The highest BCUT2D eigenvalue weighted by atomic mass is 16.5. The number of methoxy groups -OCH3 is 1. The highest BCUT2D eigenvalue weighted by molar-refractivity contribution is 5.79. The fraction of sp³-hybridized carbons (Fsp3) is 0.292. The van der Waals surface area contributed by atoms with Crippen molar-refractivity contribution in [3.63, 3.8) is 0 Å². The van der Waals surface area contributed by atoms with Gasteiger partial charge in [0, 0.05) is 31.5 Å². The third kappa shape index (κ3) is 5.17. The average molecular weight is 442 g/mol. The van der Waals surface area contributed by atoms with Gasteiger partial charge in [0.25, 0.3) is 0 Å². The number of likely N-dealkylation sites (tertiary alicyclic amines) is 1. The Labute approximate surface area is 191 Å². The molecule has 33 heavy (non-hydrogen) atoms. The number of hydrogen-bond donors (Lipinski definition) is 1. The molecule has 1 aliphatic rings. The molecule has 1 amide bonds. The first-order chi connectivity index (χ1) is 16.0. The van der Waals surface area contributed by atoms with E-state index in [0.717, 1.165) is 11.3 Å². The number of amides is 1. The molecule has 0 bridgehead atoms. The van der Waals surface area contributed by atoms with Crippen molar-refractivity contribution >= 4 is 11.6 Å². The monoisotopic (exact) mass is 442 g/mol. The number of rotatable bonds is 4. The summed E-state index contributed by atoms with van der Waals surface area (Å²) in [5.41, 5.74) is 1.56. The van der Waals surface area contributed by atoms with Crippen LogP contribution in [0.25, 0.3) is 10.5 Å². The van der Waals surface area contributed by atoms with E-state index >= 15 is 0 Å². The van der Waals surface area contributed by atoms with E-state index in [4.69, 9.17) is 11.3 Å². The summed E-state index contributed by atoms with van der Waals surface area (Å²) in [7, 11) is 1.51. The number of benzene rings is 2. The van der Waals surface area contributed by atoms with Crippen LogP contribution < -0.4 is 4.74 Å². The number of carbonyl (C=O) groups excluding carboxylic acids is 1. The standard InChI is InChI=1S/C24H22N6O3/c1-25-21-15-19(5-8-22(21)33-2)9-10-24(32)11-13-29(14-12-24)23(31)16-18-3-6-20(7-4-18)30-17-26-27-28-30/h3-8,15,17,32H,11-14,16H2,2H3. The Morgan fingerprint density at radius 1 is 1.24 bits per heavy atom. The zero-order valence-corrected chi connectivity index (χ0v) is 18.1. The van der Waals surface area contributed by atoms with Crippen LogP contribution in [0.3, 0.4) is 0 Å². The lowest BCUT2D eigenvalue weighted by Crippen LogP contribution is -2.46. The summed E-state index contributed by atoms with van der Waals surface area (Å²) in [6.45, 7) is 8.10. The van der Waals surface area contributed by atoms with Crippen molar-refractivity contribution in [2.45, 2.75) is 24.9 Å². The maximum absolute atomic E-state index is 12.7. The third-order valence-corrected chi connectivity index (χ3v) is 5.59. The average Bonchev–Trinajstić information content (AvgIpc) is 3.38. The van der Waals surface area contributed by atoms with Crippen LogP contribution in [0.4, 0.5) is 5.69 Å². The molecule has 4 rings (SSSR count). The molecule has 1 fully saturated rings. The third-order valence-electron chi connectivity index (χ3n) is 5.59. The molecule has 2 aromatic carbocycles. The van der Waals surface area contributed by atoms with E-state index in [1.807, 2.05) is 24.3 Å². The van der Waals surface area contributed by atoms with E-state index in [-0.39, 0.29) is 12.3 Å². The lowest BCUT2D eigenvalue weighted by Gasteiger charge is -2.35. The molecule has 9 heteroatoms. The number of ether oxygens (including phenoxy) is 1. The van der Waals surface area contributed by atoms with Crippen LogP contribution in [0.2, 0.25) is 0 Å². The molecule has 2 heterocycles. The van der Waals surface area contributed by atoms with Gasteiger partial charge in [-0.05, 0) is 46.3 Å². The van der Waals surface area contributed by atoms with Gasteiger partial charge >= 0.3 is 0 Å². The van der Waals surface area contributed by atoms with Crippen molar-refractivity contribution in [3.8, 4) is 23.3 Å². The number of aliphatic hydroxyl groups is 1. The SMILES string of the molecule is [C-]#[N+]c1cc(C#CC2(O)CCN(C(=O)Cc3ccc(-n4cnnn4)cc3)CC2)ccc1OC. The lowest BCUT2D eigenvalue weighted by atomic mass is 9.91. The van der Waals surface area contributed by atoms with Crippen LogP contribution in [0, 0.1) is 18.4 Å². The molecular formula is C24H22N6O3. The minimum atomic E-state index is -1.16. The van der Waals surface area contributed by atoms with Gasteiger partial charge in [0.2, 0.25) is 11.6 Å². The zero-order valence-electron chi connectivity index (χ0n) is 18.1. The molecule has 166 valence electrons. The molecule has 0 spiro atoms. The Kier molecular flexibility index (Phi) is 6.34. The summed E-state index contributed by atoms with van der Waals surface area (Å²) >= 11 is 0. The smallest absolute Gasteiger partial charge is 0.229 e. The highest BCUT2D eigenvalue weighted by Gasteiger charge is 2.32. The predicted octanol–water partition coefficient (Wildman–Crippen LogP) is 2.17. The molecule has 3 aromatic rings. The summed E-state index contributed by atoms with van der Waals surface area (Å²) in [6.07, 6.45) is 2.53. The first kappa shape index (κ1) is 22.0. The van der Waals surface area contributed by atoms with Crippen molar-refractivity contribution in [3.05, 3.63) is 71.3 Å². The first-order valence-corrected chi connectivity index (χ1v) is 10.4. The van der Waals surface area contributed by atoms with E-state index < -0.39 is 5.60 Å². The Hall–Kier alpha value is -4.21. The maximum atomic E-state index is 12.7. The summed E-state index contributed by atoms with van der Waals surface area (Å²) in [5.74, 6) is 6.40. The number of carbonyl (C=O) groups is 1. The van der Waals surface area contributed by atoms with Gasteiger partial charge in [0.1, 0.15) is 17.7 Å². The second kappa shape index (κ2) is 9.51. The topological polar surface area (TPSA) is 97.7 Å². The Morgan fingerprint density at radius 3 is 2.64 bits per heavy atom. The summed E-state index contributed by atoms with van der Waals surface area (Å²) in [5, 5.41) is 21.9. The fourth-order valence-electron chi connectivity index (χ4n) is 3.63. The van der Waals surface area contributed by atoms with E-state index in [2.05, 4.69) is 32.2 Å². The molecular weight excluding hydrogens is 420 g/mol. The Morgan fingerprint density at radius 2 is 2.00 bits per heavy atom. The van der Waals surface area contributed by atoms with Crippen LogP contribution in [-0.2, 0) is 11.2 Å². The number of aromatic nitrogens is 4. The van der Waals surface area contributed by atoms with Crippen molar-refractivity contribution in [1.82, 2.24) is 25.1 Å². The number of hydrogen-bond acceptors (Lipinski definition) is 6. The molecule has 9 nitrogen and oxygen atoms in total. The van der Waals surface area contributed by atoms with E-state index in [0.29, 0.717) is 42.9 Å². The first-order valence-electron chi connectivity index (χ1n) is 10.4. The fourth-order valence-corrected chi connectivity index (χ4v) is 3.63. The van der Waals surface area contributed by atoms with E-state index in [1.165, 1.54) is 13.4 Å². The lowest BCUT2D eigenvalue weighted by molar-refractivity contribution is -0.133. The minimum absolute atomic E-state index is 0.0111. The van der Waals surface area contributed by atoms with Crippen molar-refractivity contribution in [2.75, 3.05) is 20.2 Å². The number of nitrogens with zero attached hydrogens (tertiary/aromatic N) is 6. The molecule has 1 saturated heterocycles. The van der Waals surface area contributed by atoms with Crippen molar-refractivity contribution in [1.29, 1.82) is 0 Å². The zero-order chi connectivity index (χ0) is 23.3. The van der Waals surface area contributed by atoms with Gasteiger partial charge in [-0.3, -0.25) is 4.79 Å². The quantitative estimate of drug-likeness (QED) is 0.491. The van der Waals surface area contributed by atoms with Gasteiger partial charge in [-0.25, -0.2) is 9.53 Å². The van der Waals surface area contributed by atoms with Crippen molar-refractivity contribution in [2.24, 2.45) is 0 Å². The number of piperidine rings is 1. The molecule has 1 aliphatic heterocycles. The van der Waals surface area contributed by atoms with Gasteiger partial charge in [-0.15, -0.1) is 5.10 Å². The molecule has 0 aliphatic carbocycles. The van der Waals surface area contributed by atoms with Gasteiger partial charge in [0.05, 0.1) is 25.8 Å². The Bertz CT molecular complexity index is 1230. The predicted molar refractivity (Wildman–Crippen MR) is 120 cm³/mol. The molecule has 1 N–H and O–H groups in total. The maximum Gasteiger partial charge on any atom is 0.229 e. The van der Waals surface area contributed by atoms with Crippen molar-refractivity contribution < 1.29 is 14.6 Å². The van der Waals surface area contributed by atoms with Crippen LogP contribution in [0.5, 0.6) is 5.75 Å². The summed E-state index contributed by atoms with van der Waals surface area (Å²) in [4.78, 5) is 17.9. The van der Waals surface area contributed by atoms with Gasteiger partial charge in [-0.2, -0.15) is 0 Å². The second-order valence-corrected chi connectivity index (χ2v) is 7.76. The Balaban J connectivity index is 1.34.